The Bertz CT molecular complexity index is 1220. The van der Waals surface area contributed by atoms with Crippen LogP contribution >= 0.6 is 0 Å². The van der Waals surface area contributed by atoms with Crippen LogP contribution in [-0.2, 0) is 46.8 Å². The third-order valence-corrected chi connectivity index (χ3v) is 6.21. The summed E-state index contributed by atoms with van der Waals surface area (Å²) in [5.74, 6) is 2.05. The van der Waals surface area contributed by atoms with Gasteiger partial charge in [0.25, 0.3) is 0 Å². The van der Waals surface area contributed by atoms with Gasteiger partial charge in [0, 0.05) is 33.2 Å². The first-order valence-electron chi connectivity index (χ1n) is 12.7. The van der Waals surface area contributed by atoms with Gasteiger partial charge >= 0.3 is 0 Å². The molecule has 0 saturated carbocycles. The van der Waals surface area contributed by atoms with Gasteiger partial charge in [-0.05, 0) is 35.2 Å². The van der Waals surface area contributed by atoms with E-state index < -0.39 is 0 Å². The minimum Gasteiger partial charge on any atom is -0.497 e. The smallest absolute Gasteiger partial charge is 0.230 e. The summed E-state index contributed by atoms with van der Waals surface area (Å²) >= 11 is 0. The highest BCUT2D eigenvalue weighted by Gasteiger charge is 2.28. The zero-order valence-corrected chi connectivity index (χ0v) is 21.9. The van der Waals surface area contributed by atoms with Crippen molar-refractivity contribution in [1.82, 2.24) is 25.2 Å². The molecule has 3 aromatic rings. The van der Waals surface area contributed by atoms with Crippen LogP contribution in [0.15, 0.2) is 48.5 Å². The summed E-state index contributed by atoms with van der Waals surface area (Å²) in [4.78, 5) is 39.2. The maximum atomic E-state index is 12.2. The summed E-state index contributed by atoms with van der Waals surface area (Å²) in [5, 5.41) is 6.61. The van der Waals surface area contributed by atoms with Gasteiger partial charge in [0.15, 0.2) is 11.6 Å². The van der Waals surface area contributed by atoms with Crippen LogP contribution in [0.2, 0.25) is 0 Å². The molecule has 4 rings (SSSR count). The minimum atomic E-state index is -0.193. The van der Waals surface area contributed by atoms with Crippen molar-refractivity contribution in [2.45, 2.75) is 38.9 Å². The lowest BCUT2D eigenvalue weighted by atomic mass is 10.1. The summed E-state index contributed by atoms with van der Waals surface area (Å²) in [6.45, 7) is 3.09. The van der Waals surface area contributed by atoms with E-state index in [0.717, 1.165) is 30.8 Å². The van der Waals surface area contributed by atoms with Crippen LogP contribution in [0.25, 0.3) is 0 Å². The van der Waals surface area contributed by atoms with Crippen molar-refractivity contribution < 1.29 is 19.1 Å². The highest BCUT2D eigenvalue weighted by molar-refractivity contribution is 6.05. The second kappa shape index (κ2) is 13.6. The number of amides is 1. The molecular formula is C28H34N6O4. The van der Waals surface area contributed by atoms with Crippen molar-refractivity contribution in [3.05, 3.63) is 76.9 Å². The number of carbonyl (C=O) groups excluding carboxylic acids is 2. The second-order valence-electron chi connectivity index (χ2n) is 9.14. The van der Waals surface area contributed by atoms with Crippen LogP contribution in [-0.4, -0.2) is 65.5 Å². The molecule has 10 heteroatoms. The van der Waals surface area contributed by atoms with Gasteiger partial charge in [-0.3, -0.25) is 9.59 Å². The van der Waals surface area contributed by atoms with Gasteiger partial charge in [-0.25, -0.2) is 4.98 Å². The Labute approximate surface area is 222 Å². The number of aryl methyl sites for hydroxylation is 2. The van der Waals surface area contributed by atoms with E-state index in [1.54, 1.807) is 14.2 Å². The Morgan fingerprint density at radius 3 is 2.21 bits per heavy atom. The first kappa shape index (κ1) is 27.2. The van der Waals surface area contributed by atoms with E-state index in [2.05, 4.69) is 49.9 Å². The lowest BCUT2D eigenvalue weighted by Gasteiger charge is -2.15. The number of nitrogens with zero attached hydrogens (tertiary/aromatic N) is 4. The molecule has 0 spiro atoms. The zero-order valence-electron chi connectivity index (χ0n) is 21.9. The number of nitrogens with one attached hydrogen (secondary N) is 2. The molecule has 1 amide bonds. The maximum Gasteiger partial charge on any atom is 0.230 e. The lowest BCUT2D eigenvalue weighted by Crippen LogP contribution is -2.26. The number of Topliss-reactive ketones (excluding diaryl/α,β-unsaturated/α-hetero) is 1. The number of carbonyl (C=O) groups is 2. The van der Waals surface area contributed by atoms with E-state index in [4.69, 9.17) is 9.47 Å². The van der Waals surface area contributed by atoms with E-state index in [0.29, 0.717) is 37.2 Å². The Balaban J connectivity index is 1.42. The van der Waals surface area contributed by atoms with Crippen LogP contribution in [0.5, 0.6) is 5.75 Å². The quantitative estimate of drug-likeness (QED) is 0.245. The Kier molecular flexibility index (Phi) is 9.71. The highest BCUT2D eigenvalue weighted by atomic mass is 16.5. The molecule has 0 aliphatic carbocycles. The molecule has 1 aromatic heterocycles. The first-order chi connectivity index (χ1) is 18.5. The number of ether oxygens (including phenoxy) is 2. The number of rotatable bonds is 14. The van der Waals surface area contributed by atoms with E-state index in [1.165, 1.54) is 16.0 Å². The molecule has 0 unspecified atom stereocenters. The van der Waals surface area contributed by atoms with Crippen molar-refractivity contribution in [2.24, 2.45) is 0 Å². The van der Waals surface area contributed by atoms with Crippen LogP contribution < -0.4 is 15.4 Å². The topological polar surface area (TPSA) is 119 Å². The SMILES string of the molecule is COCCNCc1ccc(CCc2nc(CN3CC(=O)CC3=O)nc(NCc3ccc(OC)cc3)n2)cc1. The van der Waals surface area contributed by atoms with Crippen molar-refractivity contribution in [1.29, 1.82) is 0 Å². The first-order valence-corrected chi connectivity index (χ1v) is 12.7. The number of hydrogen-bond donors (Lipinski definition) is 2. The van der Waals surface area contributed by atoms with E-state index in [9.17, 15) is 9.59 Å². The third kappa shape index (κ3) is 8.06. The monoisotopic (exact) mass is 518 g/mol. The van der Waals surface area contributed by atoms with Gasteiger partial charge in [-0.1, -0.05) is 36.4 Å². The number of likely N-dealkylation sites (tertiary alicyclic amines) is 1. The van der Waals surface area contributed by atoms with Crippen LogP contribution in [0, 0.1) is 0 Å². The van der Waals surface area contributed by atoms with Gasteiger partial charge in [-0.15, -0.1) is 0 Å². The fourth-order valence-electron chi connectivity index (χ4n) is 4.09. The third-order valence-electron chi connectivity index (χ3n) is 6.21. The number of hydrogen-bond acceptors (Lipinski definition) is 9. The molecule has 1 aliphatic rings. The Hall–Kier alpha value is -3.89. The molecule has 0 atom stereocenters. The Morgan fingerprint density at radius 1 is 0.842 bits per heavy atom. The summed E-state index contributed by atoms with van der Waals surface area (Å²) in [7, 11) is 3.33. The van der Waals surface area contributed by atoms with Gasteiger partial charge in [-0.2, -0.15) is 9.97 Å². The summed E-state index contributed by atoms with van der Waals surface area (Å²) in [6.07, 6.45) is 1.32. The fourth-order valence-corrected chi connectivity index (χ4v) is 4.09. The molecule has 2 aromatic carbocycles. The van der Waals surface area contributed by atoms with Gasteiger partial charge < -0.3 is 25.0 Å². The largest absolute Gasteiger partial charge is 0.497 e. The molecule has 0 bridgehead atoms. The molecular weight excluding hydrogens is 484 g/mol. The molecule has 1 fully saturated rings. The zero-order chi connectivity index (χ0) is 26.7. The summed E-state index contributed by atoms with van der Waals surface area (Å²) in [5.41, 5.74) is 3.44. The molecule has 0 radical (unpaired) electrons. The van der Waals surface area contributed by atoms with Crippen LogP contribution in [0.1, 0.15) is 34.8 Å². The summed E-state index contributed by atoms with van der Waals surface area (Å²) in [6, 6.07) is 16.2. The van der Waals surface area contributed by atoms with Crippen LogP contribution in [0.4, 0.5) is 5.95 Å². The predicted octanol–water partition coefficient (Wildman–Crippen LogP) is 2.31. The highest BCUT2D eigenvalue weighted by Crippen LogP contribution is 2.15. The molecule has 2 heterocycles. The standard InChI is InChI=1S/C28H34N6O4/c1-37-14-13-29-16-21-5-3-20(4-6-21)9-12-25-31-26(19-34-18-23(35)15-27(34)36)33-28(32-25)30-17-22-7-10-24(38-2)11-8-22/h3-8,10-11,29H,9,12-19H2,1-2H3,(H,30,31,32,33). The minimum absolute atomic E-state index is 0.0571. The average molecular weight is 519 g/mol. The van der Waals surface area contributed by atoms with Gasteiger partial charge in [0.1, 0.15) is 11.6 Å². The van der Waals surface area contributed by atoms with Crippen molar-refractivity contribution in [3.63, 3.8) is 0 Å². The van der Waals surface area contributed by atoms with E-state index >= 15 is 0 Å². The second-order valence-corrected chi connectivity index (χ2v) is 9.14. The molecule has 1 saturated heterocycles. The number of benzene rings is 2. The molecule has 10 nitrogen and oxygen atoms in total. The lowest BCUT2D eigenvalue weighted by molar-refractivity contribution is -0.128. The number of aromatic nitrogens is 3. The van der Waals surface area contributed by atoms with Crippen LogP contribution in [0.3, 0.4) is 0 Å². The average Bonchev–Trinajstić information content (AvgIpc) is 3.25. The van der Waals surface area contributed by atoms with Crippen molar-refractivity contribution >= 4 is 17.6 Å². The molecule has 2 N–H and O–H groups in total. The molecule has 1 aliphatic heterocycles. The van der Waals surface area contributed by atoms with E-state index in [1.807, 2.05) is 24.3 Å². The normalized spacial score (nSPS) is 13.3. The predicted molar refractivity (Wildman–Crippen MR) is 143 cm³/mol. The number of anilines is 1. The number of methoxy groups -OCH3 is 2. The van der Waals surface area contributed by atoms with Crippen molar-refractivity contribution in [2.75, 3.05) is 39.2 Å². The molecule has 38 heavy (non-hydrogen) atoms. The fraction of sp³-hybridized carbons (Fsp3) is 0.393. The van der Waals surface area contributed by atoms with E-state index in [-0.39, 0.29) is 31.2 Å². The van der Waals surface area contributed by atoms with Crippen molar-refractivity contribution in [3.8, 4) is 5.75 Å². The summed E-state index contributed by atoms with van der Waals surface area (Å²) < 4.78 is 10.3. The Morgan fingerprint density at radius 2 is 1.53 bits per heavy atom. The van der Waals surface area contributed by atoms with Gasteiger partial charge in [0.2, 0.25) is 11.9 Å². The van der Waals surface area contributed by atoms with Gasteiger partial charge in [0.05, 0.1) is 33.2 Å². The number of ketones is 1. The molecule has 200 valence electrons. The maximum absolute atomic E-state index is 12.2.